The Morgan fingerprint density at radius 1 is 0.952 bits per heavy atom. The highest BCUT2D eigenvalue weighted by Gasteiger charge is 2.54. The summed E-state index contributed by atoms with van der Waals surface area (Å²) >= 11 is 0. The van der Waals surface area contributed by atoms with Gasteiger partial charge in [0.2, 0.25) is 0 Å². The van der Waals surface area contributed by atoms with Crippen molar-refractivity contribution in [3.8, 4) is 0 Å². The minimum atomic E-state index is 0.610. The van der Waals surface area contributed by atoms with Crippen molar-refractivity contribution in [1.29, 1.82) is 0 Å². The van der Waals surface area contributed by atoms with E-state index in [1.807, 2.05) is 0 Å². The van der Waals surface area contributed by atoms with Crippen LogP contribution in [-0.4, -0.2) is 6.54 Å². The summed E-state index contributed by atoms with van der Waals surface area (Å²) in [6.07, 6.45) is 10.1. The minimum absolute atomic E-state index is 0.610. The SMILES string of the molecule is CCNC(c1ccc(C2CCC2)cc1)C1C2CCCCC21. The summed E-state index contributed by atoms with van der Waals surface area (Å²) in [5.74, 6) is 3.82. The van der Waals surface area contributed by atoms with Gasteiger partial charge in [-0.25, -0.2) is 0 Å². The molecule has 3 unspecified atom stereocenters. The second kappa shape index (κ2) is 5.76. The Kier molecular flexibility index (Phi) is 3.79. The van der Waals surface area contributed by atoms with E-state index < -0.39 is 0 Å². The van der Waals surface area contributed by atoms with Crippen molar-refractivity contribution in [3.63, 3.8) is 0 Å². The number of benzene rings is 1. The van der Waals surface area contributed by atoms with Gasteiger partial charge in [0, 0.05) is 6.04 Å². The van der Waals surface area contributed by atoms with Crippen LogP contribution < -0.4 is 5.32 Å². The zero-order valence-corrected chi connectivity index (χ0v) is 13.4. The lowest BCUT2D eigenvalue weighted by Gasteiger charge is -2.26. The molecule has 114 valence electrons. The molecule has 0 bridgehead atoms. The molecule has 3 aliphatic rings. The molecule has 3 fully saturated rings. The molecule has 4 rings (SSSR count). The lowest BCUT2D eigenvalue weighted by Crippen LogP contribution is -2.24. The molecule has 1 heteroatoms. The molecule has 0 aromatic heterocycles. The zero-order chi connectivity index (χ0) is 14.2. The Hall–Kier alpha value is -0.820. The molecule has 0 saturated heterocycles. The molecule has 0 amide bonds. The third kappa shape index (κ3) is 2.54. The fraction of sp³-hybridized carbons (Fsp3) is 0.700. The molecule has 3 saturated carbocycles. The van der Waals surface area contributed by atoms with Gasteiger partial charge in [-0.1, -0.05) is 50.5 Å². The number of fused-ring (bicyclic) bond motifs is 1. The van der Waals surface area contributed by atoms with Crippen LogP contribution in [0.1, 0.15) is 75.0 Å². The highest BCUT2D eigenvalue weighted by Crippen LogP contribution is 2.60. The van der Waals surface area contributed by atoms with Crippen LogP contribution in [0.25, 0.3) is 0 Å². The van der Waals surface area contributed by atoms with E-state index in [-0.39, 0.29) is 0 Å². The van der Waals surface area contributed by atoms with Gasteiger partial charge in [-0.2, -0.15) is 0 Å². The van der Waals surface area contributed by atoms with Gasteiger partial charge in [-0.3, -0.25) is 0 Å². The van der Waals surface area contributed by atoms with Crippen molar-refractivity contribution in [1.82, 2.24) is 5.32 Å². The van der Waals surface area contributed by atoms with Crippen LogP contribution in [0.5, 0.6) is 0 Å². The first-order chi connectivity index (χ1) is 10.4. The van der Waals surface area contributed by atoms with E-state index in [9.17, 15) is 0 Å². The quantitative estimate of drug-likeness (QED) is 0.798. The van der Waals surface area contributed by atoms with Crippen molar-refractivity contribution in [2.45, 2.75) is 63.8 Å². The fourth-order valence-electron chi connectivity index (χ4n) is 4.96. The van der Waals surface area contributed by atoms with Crippen molar-refractivity contribution in [3.05, 3.63) is 35.4 Å². The number of nitrogens with one attached hydrogen (secondary N) is 1. The monoisotopic (exact) mass is 283 g/mol. The highest BCUT2D eigenvalue weighted by molar-refractivity contribution is 5.30. The standard InChI is InChI=1S/C20H29N/c1-2-21-20(19-17-8-3-4-9-18(17)19)16-12-10-15(11-13-16)14-6-5-7-14/h10-14,17-21H,2-9H2,1H3. The second-order valence-electron chi connectivity index (χ2n) is 7.52. The van der Waals surface area contributed by atoms with Crippen LogP contribution in [0.15, 0.2) is 24.3 Å². The normalized spacial score (nSPS) is 33.1. The lowest BCUT2D eigenvalue weighted by molar-refractivity contribution is 0.419. The van der Waals surface area contributed by atoms with Crippen molar-refractivity contribution in [2.75, 3.05) is 6.54 Å². The first-order valence-electron chi connectivity index (χ1n) is 9.21. The zero-order valence-electron chi connectivity index (χ0n) is 13.4. The average molecular weight is 283 g/mol. The van der Waals surface area contributed by atoms with E-state index in [0.717, 1.165) is 30.2 Å². The summed E-state index contributed by atoms with van der Waals surface area (Å²) in [7, 11) is 0. The summed E-state index contributed by atoms with van der Waals surface area (Å²) in [6.45, 7) is 3.34. The summed E-state index contributed by atoms with van der Waals surface area (Å²) < 4.78 is 0. The largest absolute Gasteiger partial charge is 0.310 e. The smallest absolute Gasteiger partial charge is 0.0354 e. The van der Waals surface area contributed by atoms with Gasteiger partial charge in [-0.05, 0) is 67.0 Å². The maximum atomic E-state index is 3.79. The Balaban J connectivity index is 1.50. The van der Waals surface area contributed by atoms with Gasteiger partial charge in [0.25, 0.3) is 0 Å². The van der Waals surface area contributed by atoms with E-state index in [2.05, 4.69) is 36.5 Å². The van der Waals surface area contributed by atoms with E-state index in [1.165, 1.54) is 44.9 Å². The van der Waals surface area contributed by atoms with Crippen molar-refractivity contribution < 1.29 is 0 Å². The topological polar surface area (TPSA) is 12.0 Å². The summed E-state index contributed by atoms with van der Waals surface area (Å²) in [6, 6.07) is 10.3. The summed E-state index contributed by atoms with van der Waals surface area (Å²) in [5, 5.41) is 3.79. The van der Waals surface area contributed by atoms with Crippen LogP contribution in [0.4, 0.5) is 0 Å². The van der Waals surface area contributed by atoms with Gasteiger partial charge in [0.1, 0.15) is 0 Å². The molecule has 1 nitrogen and oxygen atoms in total. The Morgan fingerprint density at radius 2 is 1.62 bits per heavy atom. The predicted octanol–water partition coefficient (Wildman–Crippen LogP) is 5.04. The Morgan fingerprint density at radius 3 is 2.14 bits per heavy atom. The van der Waals surface area contributed by atoms with Gasteiger partial charge >= 0.3 is 0 Å². The van der Waals surface area contributed by atoms with E-state index in [4.69, 9.17) is 0 Å². The maximum absolute atomic E-state index is 3.79. The highest BCUT2D eigenvalue weighted by atomic mass is 14.9. The molecule has 1 aromatic rings. The van der Waals surface area contributed by atoms with Crippen LogP contribution in [0.3, 0.4) is 0 Å². The first-order valence-corrected chi connectivity index (χ1v) is 9.21. The van der Waals surface area contributed by atoms with Crippen LogP contribution in [0.2, 0.25) is 0 Å². The fourth-order valence-corrected chi connectivity index (χ4v) is 4.96. The summed E-state index contributed by atoms with van der Waals surface area (Å²) in [5.41, 5.74) is 3.12. The van der Waals surface area contributed by atoms with Gasteiger partial charge in [-0.15, -0.1) is 0 Å². The molecular weight excluding hydrogens is 254 g/mol. The molecule has 0 spiro atoms. The van der Waals surface area contributed by atoms with Crippen molar-refractivity contribution in [2.24, 2.45) is 17.8 Å². The molecule has 21 heavy (non-hydrogen) atoms. The van der Waals surface area contributed by atoms with Crippen LogP contribution in [0, 0.1) is 17.8 Å². The van der Waals surface area contributed by atoms with E-state index in [1.54, 1.807) is 11.1 Å². The second-order valence-corrected chi connectivity index (χ2v) is 7.52. The van der Waals surface area contributed by atoms with E-state index in [0.29, 0.717) is 6.04 Å². The molecule has 0 heterocycles. The third-order valence-electron chi connectivity index (χ3n) is 6.40. The van der Waals surface area contributed by atoms with Crippen LogP contribution in [-0.2, 0) is 0 Å². The molecule has 1 aromatic carbocycles. The molecular formula is C20H29N. The van der Waals surface area contributed by atoms with Gasteiger partial charge < -0.3 is 5.32 Å². The average Bonchev–Trinajstić information content (AvgIpc) is 3.18. The maximum Gasteiger partial charge on any atom is 0.0354 e. The van der Waals surface area contributed by atoms with Crippen molar-refractivity contribution >= 4 is 0 Å². The molecule has 0 aliphatic heterocycles. The molecule has 3 aliphatic carbocycles. The molecule has 1 N–H and O–H groups in total. The van der Waals surface area contributed by atoms with Crippen LogP contribution >= 0.6 is 0 Å². The Bertz CT molecular complexity index is 461. The minimum Gasteiger partial charge on any atom is -0.310 e. The lowest BCUT2D eigenvalue weighted by atomic mass is 9.79. The number of rotatable bonds is 5. The predicted molar refractivity (Wildman–Crippen MR) is 88.4 cm³/mol. The Labute approximate surface area is 129 Å². The number of hydrogen-bond acceptors (Lipinski definition) is 1. The molecule has 3 atom stereocenters. The van der Waals surface area contributed by atoms with Gasteiger partial charge in [0.15, 0.2) is 0 Å². The molecule has 0 radical (unpaired) electrons. The third-order valence-corrected chi connectivity index (χ3v) is 6.40. The summed E-state index contributed by atoms with van der Waals surface area (Å²) in [4.78, 5) is 0. The number of hydrogen-bond donors (Lipinski definition) is 1. The van der Waals surface area contributed by atoms with Gasteiger partial charge in [0.05, 0.1) is 0 Å². The van der Waals surface area contributed by atoms with E-state index >= 15 is 0 Å². The first kappa shape index (κ1) is 13.8.